The van der Waals surface area contributed by atoms with Gasteiger partial charge in [0.15, 0.2) is 0 Å². The molecule has 4 saturated carbocycles. The predicted octanol–water partition coefficient (Wildman–Crippen LogP) is 1.56. The highest BCUT2D eigenvalue weighted by molar-refractivity contribution is 5.73. The van der Waals surface area contributed by atoms with Crippen molar-refractivity contribution in [1.82, 2.24) is 5.32 Å². The van der Waals surface area contributed by atoms with Crippen LogP contribution in [-0.2, 0) is 4.79 Å². The first-order valence-corrected chi connectivity index (χ1v) is 5.51. The second-order valence-electron chi connectivity index (χ2n) is 5.22. The SMILES string of the molecule is CC(=O)N[C@H]1[C@@H]2CC3C[C@@H](C2)C[C@H]31. The van der Waals surface area contributed by atoms with Crippen LogP contribution in [0.15, 0.2) is 0 Å². The van der Waals surface area contributed by atoms with Crippen LogP contribution in [0.3, 0.4) is 0 Å². The maximum absolute atomic E-state index is 11.0. The maximum atomic E-state index is 11.0. The summed E-state index contributed by atoms with van der Waals surface area (Å²) >= 11 is 0. The second kappa shape index (κ2) is 2.49. The summed E-state index contributed by atoms with van der Waals surface area (Å²) in [6, 6.07) is 0.543. The number of amides is 1. The molecule has 0 aliphatic heterocycles. The van der Waals surface area contributed by atoms with Crippen molar-refractivity contribution in [2.75, 3.05) is 0 Å². The Morgan fingerprint density at radius 2 is 1.92 bits per heavy atom. The van der Waals surface area contributed by atoms with Gasteiger partial charge in [0.25, 0.3) is 0 Å². The van der Waals surface area contributed by atoms with E-state index < -0.39 is 0 Å². The number of nitrogens with one attached hydrogen (secondary N) is 1. The Morgan fingerprint density at radius 1 is 1.15 bits per heavy atom. The van der Waals surface area contributed by atoms with Crippen LogP contribution in [0.1, 0.15) is 32.6 Å². The molecule has 0 radical (unpaired) electrons. The van der Waals surface area contributed by atoms with E-state index in [4.69, 9.17) is 0 Å². The molecule has 5 atom stereocenters. The molecule has 72 valence electrons. The zero-order valence-corrected chi connectivity index (χ0v) is 8.12. The highest BCUT2D eigenvalue weighted by Crippen LogP contribution is 2.57. The largest absolute Gasteiger partial charge is 0.353 e. The normalized spacial score (nSPS) is 51.3. The molecular weight excluding hydrogens is 162 g/mol. The van der Waals surface area contributed by atoms with Crippen LogP contribution in [0.2, 0.25) is 0 Å². The van der Waals surface area contributed by atoms with Crippen molar-refractivity contribution in [3.05, 3.63) is 0 Å². The van der Waals surface area contributed by atoms with E-state index >= 15 is 0 Å². The van der Waals surface area contributed by atoms with Crippen LogP contribution < -0.4 is 5.32 Å². The molecular formula is C11H17NO. The van der Waals surface area contributed by atoms with Gasteiger partial charge in [0.05, 0.1) is 0 Å². The van der Waals surface area contributed by atoms with Gasteiger partial charge in [-0.2, -0.15) is 0 Å². The predicted molar refractivity (Wildman–Crippen MR) is 50.0 cm³/mol. The molecule has 0 spiro atoms. The van der Waals surface area contributed by atoms with Crippen LogP contribution in [0.4, 0.5) is 0 Å². The lowest BCUT2D eigenvalue weighted by atomic mass is 9.79. The minimum Gasteiger partial charge on any atom is -0.353 e. The first-order chi connectivity index (χ1) is 6.24. The quantitative estimate of drug-likeness (QED) is 0.650. The number of rotatable bonds is 1. The van der Waals surface area contributed by atoms with Gasteiger partial charge < -0.3 is 5.32 Å². The van der Waals surface area contributed by atoms with Gasteiger partial charge in [-0.1, -0.05) is 0 Å². The van der Waals surface area contributed by atoms with E-state index in [0.717, 1.165) is 23.7 Å². The molecule has 0 aromatic carbocycles. The van der Waals surface area contributed by atoms with E-state index in [2.05, 4.69) is 5.32 Å². The molecule has 4 aliphatic rings. The molecule has 1 N–H and O–H groups in total. The Bertz CT molecular complexity index is 246. The fourth-order valence-corrected chi connectivity index (χ4v) is 4.20. The van der Waals surface area contributed by atoms with Crippen molar-refractivity contribution < 1.29 is 4.79 Å². The molecule has 4 bridgehead atoms. The van der Waals surface area contributed by atoms with Crippen molar-refractivity contribution in [2.24, 2.45) is 23.7 Å². The summed E-state index contributed by atoms with van der Waals surface area (Å²) < 4.78 is 0. The number of carbonyl (C=O) groups is 1. The van der Waals surface area contributed by atoms with Gasteiger partial charge in [0.1, 0.15) is 0 Å². The molecule has 0 heterocycles. The van der Waals surface area contributed by atoms with Crippen molar-refractivity contribution in [1.29, 1.82) is 0 Å². The molecule has 1 amide bonds. The molecule has 2 heteroatoms. The third kappa shape index (κ3) is 1.04. The topological polar surface area (TPSA) is 29.1 Å². The van der Waals surface area contributed by atoms with Gasteiger partial charge in [0.2, 0.25) is 5.91 Å². The molecule has 4 aliphatic carbocycles. The highest BCUT2D eigenvalue weighted by atomic mass is 16.1. The summed E-state index contributed by atoms with van der Waals surface area (Å²) in [5.41, 5.74) is 0. The maximum Gasteiger partial charge on any atom is 0.217 e. The Hall–Kier alpha value is -0.530. The average Bonchev–Trinajstić information content (AvgIpc) is 2.45. The summed E-state index contributed by atoms with van der Waals surface area (Å²) in [7, 11) is 0. The smallest absolute Gasteiger partial charge is 0.217 e. The van der Waals surface area contributed by atoms with Crippen LogP contribution >= 0.6 is 0 Å². The lowest BCUT2D eigenvalue weighted by molar-refractivity contribution is -0.120. The summed E-state index contributed by atoms with van der Waals surface area (Å²) in [6.07, 6.45) is 5.63. The van der Waals surface area contributed by atoms with Crippen molar-refractivity contribution >= 4 is 5.91 Å². The van der Waals surface area contributed by atoms with Gasteiger partial charge in [-0.05, 0) is 49.4 Å². The Balaban J connectivity index is 1.80. The van der Waals surface area contributed by atoms with Crippen LogP contribution in [0, 0.1) is 23.7 Å². The monoisotopic (exact) mass is 179 g/mol. The van der Waals surface area contributed by atoms with Crippen molar-refractivity contribution in [2.45, 2.75) is 38.6 Å². The summed E-state index contributed by atoms with van der Waals surface area (Å²) in [6.45, 7) is 1.65. The Morgan fingerprint density at radius 3 is 2.62 bits per heavy atom. The van der Waals surface area contributed by atoms with Gasteiger partial charge in [0, 0.05) is 13.0 Å². The standard InChI is InChI=1S/C11H17NO/c1-6(13)12-11-9-3-7-2-8(5-9)10(11)4-7/h7-11H,2-5H2,1H3,(H,12,13)/t7-,8?,9-,10+,11-/m0/s1. The van der Waals surface area contributed by atoms with E-state index in [1.165, 1.54) is 25.7 Å². The zero-order valence-electron chi connectivity index (χ0n) is 8.12. The van der Waals surface area contributed by atoms with Crippen molar-refractivity contribution in [3.8, 4) is 0 Å². The summed E-state index contributed by atoms with van der Waals surface area (Å²) in [5.74, 6) is 3.81. The number of hydrogen-bond donors (Lipinski definition) is 1. The third-order valence-corrected chi connectivity index (χ3v) is 4.43. The molecule has 1 unspecified atom stereocenters. The summed E-state index contributed by atoms with van der Waals surface area (Å²) in [5, 5.41) is 3.16. The fraction of sp³-hybridized carbons (Fsp3) is 0.909. The first-order valence-electron chi connectivity index (χ1n) is 5.51. The van der Waals surface area contributed by atoms with Crippen LogP contribution in [0.5, 0.6) is 0 Å². The molecule has 2 nitrogen and oxygen atoms in total. The lowest BCUT2D eigenvalue weighted by Gasteiger charge is -2.32. The second-order valence-corrected chi connectivity index (χ2v) is 5.22. The van der Waals surface area contributed by atoms with Crippen LogP contribution in [0.25, 0.3) is 0 Å². The highest BCUT2D eigenvalue weighted by Gasteiger charge is 2.53. The Labute approximate surface area is 79.1 Å². The first kappa shape index (κ1) is 7.84. The lowest BCUT2D eigenvalue weighted by Crippen LogP contribution is -2.43. The fourth-order valence-electron chi connectivity index (χ4n) is 4.20. The minimum absolute atomic E-state index is 0.168. The third-order valence-electron chi connectivity index (χ3n) is 4.43. The van der Waals surface area contributed by atoms with Gasteiger partial charge in [-0.25, -0.2) is 0 Å². The Kier molecular flexibility index (Phi) is 1.50. The zero-order chi connectivity index (χ0) is 9.00. The van der Waals surface area contributed by atoms with E-state index in [1.807, 2.05) is 0 Å². The van der Waals surface area contributed by atoms with Gasteiger partial charge in [-0.3, -0.25) is 4.79 Å². The minimum atomic E-state index is 0.168. The van der Waals surface area contributed by atoms with Gasteiger partial charge >= 0.3 is 0 Å². The molecule has 13 heavy (non-hydrogen) atoms. The number of hydrogen-bond acceptors (Lipinski definition) is 1. The molecule has 0 aromatic heterocycles. The van der Waals surface area contributed by atoms with E-state index in [0.29, 0.717) is 6.04 Å². The van der Waals surface area contributed by atoms with E-state index in [9.17, 15) is 4.79 Å². The average molecular weight is 179 g/mol. The molecule has 4 fully saturated rings. The number of carbonyl (C=O) groups excluding carboxylic acids is 1. The van der Waals surface area contributed by atoms with Gasteiger partial charge in [-0.15, -0.1) is 0 Å². The van der Waals surface area contributed by atoms with E-state index in [1.54, 1.807) is 6.92 Å². The molecule has 0 aromatic rings. The molecule has 0 saturated heterocycles. The molecule has 4 rings (SSSR count). The van der Waals surface area contributed by atoms with Crippen molar-refractivity contribution in [3.63, 3.8) is 0 Å². The summed E-state index contributed by atoms with van der Waals surface area (Å²) in [4.78, 5) is 11.0. The van der Waals surface area contributed by atoms with Crippen LogP contribution in [-0.4, -0.2) is 11.9 Å². The van der Waals surface area contributed by atoms with E-state index in [-0.39, 0.29) is 5.91 Å².